The van der Waals surface area contributed by atoms with Gasteiger partial charge in [0.1, 0.15) is 0 Å². The minimum atomic E-state index is 0.274. The van der Waals surface area contributed by atoms with Gasteiger partial charge in [-0.1, -0.05) is 37.6 Å². The molecule has 2 rings (SSSR count). The molecule has 0 bridgehead atoms. The van der Waals surface area contributed by atoms with Crippen LogP contribution in [0.2, 0.25) is 5.02 Å². The van der Waals surface area contributed by atoms with Gasteiger partial charge in [0, 0.05) is 6.54 Å². The first-order valence-corrected chi connectivity index (χ1v) is 6.58. The minimum Gasteiger partial charge on any atom is -0.481 e. The highest BCUT2D eigenvalue weighted by atomic mass is 35.5. The third-order valence-electron chi connectivity index (χ3n) is 2.99. The molecular weight excluding hydrogens is 262 g/mol. The molecule has 4 nitrogen and oxygen atoms in total. The highest BCUT2D eigenvalue weighted by molar-refractivity contribution is 6.32. The fraction of sp³-hybridized carbons (Fsp3) is 0.357. The highest BCUT2D eigenvalue weighted by Crippen LogP contribution is 2.32. The van der Waals surface area contributed by atoms with Gasteiger partial charge in [0.05, 0.1) is 29.1 Å². The Morgan fingerprint density at radius 2 is 2.05 bits per heavy atom. The number of methoxy groups -OCH3 is 1. The fourth-order valence-corrected chi connectivity index (χ4v) is 2.32. The van der Waals surface area contributed by atoms with E-state index < -0.39 is 0 Å². The standard InChI is InChI=1S/C14H18ClN3O/c1-9(2)13-10(8-16)14(19-3)18(17-13)12-7-5-4-6-11(12)15/h4-7,9H,8,16H2,1-3H3. The number of hydrogen-bond acceptors (Lipinski definition) is 3. The second-order valence-corrected chi connectivity index (χ2v) is 5.00. The van der Waals surface area contributed by atoms with E-state index in [-0.39, 0.29) is 5.92 Å². The number of halogens is 1. The van der Waals surface area contributed by atoms with Crippen molar-refractivity contribution in [2.75, 3.05) is 7.11 Å². The number of aromatic nitrogens is 2. The van der Waals surface area contributed by atoms with Crippen LogP contribution in [0.3, 0.4) is 0 Å². The van der Waals surface area contributed by atoms with Crippen molar-refractivity contribution in [2.45, 2.75) is 26.3 Å². The molecule has 19 heavy (non-hydrogen) atoms. The molecule has 102 valence electrons. The van der Waals surface area contributed by atoms with Crippen LogP contribution >= 0.6 is 11.6 Å². The van der Waals surface area contributed by atoms with Crippen LogP contribution in [0.15, 0.2) is 24.3 Å². The number of rotatable bonds is 4. The van der Waals surface area contributed by atoms with Crippen molar-refractivity contribution in [1.82, 2.24) is 9.78 Å². The lowest BCUT2D eigenvalue weighted by Crippen LogP contribution is -2.03. The van der Waals surface area contributed by atoms with Gasteiger partial charge >= 0.3 is 0 Å². The summed E-state index contributed by atoms with van der Waals surface area (Å²) in [6, 6.07) is 7.53. The molecule has 2 N–H and O–H groups in total. The Morgan fingerprint density at radius 3 is 2.58 bits per heavy atom. The highest BCUT2D eigenvalue weighted by Gasteiger charge is 2.21. The van der Waals surface area contributed by atoms with Gasteiger partial charge < -0.3 is 10.5 Å². The predicted molar refractivity (Wildman–Crippen MR) is 77.1 cm³/mol. The van der Waals surface area contributed by atoms with Gasteiger partial charge in [0.25, 0.3) is 0 Å². The summed E-state index contributed by atoms with van der Waals surface area (Å²) in [7, 11) is 1.62. The third-order valence-corrected chi connectivity index (χ3v) is 3.31. The van der Waals surface area contributed by atoms with Crippen LogP contribution in [0.1, 0.15) is 31.0 Å². The molecule has 5 heteroatoms. The Morgan fingerprint density at radius 1 is 1.37 bits per heavy atom. The zero-order valence-corrected chi connectivity index (χ0v) is 12.1. The van der Waals surface area contributed by atoms with E-state index in [4.69, 9.17) is 22.1 Å². The first-order chi connectivity index (χ1) is 9.10. The van der Waals surface area contributed by atoms with E-state index in [0.29, 0.717) is 17.4 Å². The van der Waals surface area contributed by atoms with Crippen molar-refractivity contribution < 1.29 is 4.74 Å². The maximum atomic E-state index is 6.22. The SMILES string of the molecule is COc1c(CN)c(C(C)C)nn1-c1ccccc1Cl. The molecule has 0 radical (unpaired) electrons. The molecule has 2 aromatic rings. The molecule has 0 atom stereocenters. The first kappa shape index (κ1) is 13.9. The Kier molecular flexibility index (Phi) is 4.12. The second-order valence-electron chi connectivity index (χ2n) is 4.60. The lowest BCUT2D eigenvalue weighted by Gasteiger charge is -2.08. The lowest BCUT2D eigenvalue weighted by molar-refractivity contribution is 0.379. The van der Waals surface area contributed by atoms with Gasteiger partial charge in [0.15, 0.2) is 0 Å². The number of hydrogen-bond donors (Lipinski definition) is 1. The van der Waals surface area contributed by atoms with Crippen molar-refractivity contribution in [3.8, 4) is 11.6 Å². The van der Waals surface area contributed by atoms with Crippen LogP contribution < -0.4 is 10.5 Å². The quantitative estimate of drug-likeness (QED) is 0.935. The van der Waals surface area contributed by atoms with Crippen molar-refractivity contribution in [1.29, 1.82) is 0 Å². The third kappa shape index (κ3) is 2.46. The summed E-state index contributed by atoms with van der Waals surface area (Å²) in [5.41, 5.74) is 8.49. The smallest absolute Gasteiger partial charge is 0.221 e. The molecule has 1 heterocycles. The van der Waals surface area contributed by atoms with E-state index in [2.05, 4.69) is 18.9 Å². The van der Waals surface area contributed by atoms with Gasteiger partial charge in [-0.2, -0.15) is 9.78 Å². The molecule has 0 amide bonds. The molecule has 1 aromatic carbocycles. The summed E-state index contributed by atoms with van der Waals surface area (Å²) in [5.74, 6) is 0.926. The van der Waals surface area contributed by atoms with E-state index >= 15 is 0 Å². The summed E-state index contributed by atoms with van der Waals surface area (Å²) in [4.78, 5) is 0. The maximum Gasteiger partial charge on any atom is 0.221 e. The molecule has 0 saturated carbocycles. The molecular formula is C14H18ClN3O. The largest absolute Gasteiger partial charge is 0.481 e. The molecule has 0 fully saturated rings. The monoisotopic (exact) mass is 279 g/mol. The predicted octanol–water partition coefficient (Wildman–Crippen LogP) is 3.12. The van der Waals surface area contributed by atoms with Crippen LogP contribution in [-0.2, 0) is 6.54 Å². The van der Waals surface area contributed by atoms with Crippen molar-refractivity contribution >= 4 is 11.6 Å². The van der Waals surface area contributed by atoms with Gasteiger partial charge in [-0.05, 0) is 18.1 Å². The maximum absolute atomic E-state index is 6.22. The van der Waals surface area contributed by atoms with Gasteiger partial charge in [-0.15, -0.1) is 0 Å². The van der Waals surface area contributed by atoms with Gasteiger partial charge in [-0.25, -0.2) is 0 Å². The van der Waals surface area contributed by atoms with Crippen LogP contribution in [0, 0.1) is 0 Å². The van der Waals surface area contributed by atoms with Crippen LogP contribution in [0.4, 0.5) is 0 Å². The summed E-state index contributed by atoms with van der Waals surface area (Å²) < 4.78 is 7.19. The number of para-hydroxylation sites is 1. The molecule has 0 aliphatic rings. The Hall–Kier alpha value is -1.52. The fourth-order valence-electron chi connectivity index (χ4n) is 2.10. The summed E-state index contributed by atoms with van der Waals surface area (Å²) in [5, 5.41) is 5.24. The minimum absolute atomic E-state index is 0.274. The number of benzene rings is 1. The van der Waals surface area contributed by atoms with Crippen LogP contribution in [0.25, 0.3) is 5.69 Å². The van der Waals surface area contributed by atoms with E-state index in [1.807, 2.05) is 24.3 Å². The number of nitrogens with zero attached hydrogens (tertiary/aromatic N) is 2. The van der Waals surface area contributed by atoms with Crippen molar-refractivity contribution in [3.63, 3.8) is 0 Å². The van der Waals surface area contributed by atoms with E-state index in [9.17, 15) is 0 Å². The second kappa shape index (κ2) is 5.63. The average molecular weight is 280 g/mol. The number of nitrogens with two attached hydrogens (primary N) is 1. The Bertz CT molecular complexity index is 578. The average Bonchev–Trinajstić information content (AvgIpc) is 2.77. The zero-order valence-electron chi connectivity index (χ0n) is 11.4. The molecule has 0 aliphatic heterocycles. The first-order valence-electron chi connectivity index (χ1n) is 6.20. The Labute approximate surface area is 118 Å². The van der Waals surface area contributed by atoms with Gasteiger partial charge in [-0.3, -0.25) is 0 Å². The molecule has 0 unspecified atom stereocenters. The normalized spacial score (nSPS) is 11.1. The lowest BCUT2D eigenvalue weighted by atomic mass is 10.1. The molecule has 0 aliphatic carbocycles. The van der Waals surface area contributed by atoms with E-state index in [0.717, 1.165) is 16.9 Å². The van der Waals surface area contributed by atoms with Gasteiger partial charge in [0.2, 0.25) is 5.88 Å². The van der Waals surface area contributed by atoms with Crippen molar-refractivity contribution in [3.05, 3.63) is 40.5 Å². The van der Waals surface area contributed by atoms with Crippen LogP contribution in [-0.4, -0.2) is 16.9 Å². The summed E-state index contributed by atoms with van der Waals surface area (Å²) in [6.07, 6.45) is 0. The van der Waals surface area contributed by atoms with E-state index in [1.54, 1.807) is 11.8 Å². The topological polar surface area (TPSA) is 53.1 Å². The Balaban J connectivity index is 2.67. The molecule has 0 saturated heterocycles. The van der Waals surface area contributed by atoms with Crippen LogP contribution in [0.5, 0.6) is 5.88 Å². The number of ether oxygens (including phenoxy) is 1. The zero-order chi connectivity index (χ0) is 14.0. The molecule has 1 aromatic heterocycles. The summed E-state index contributed by atoms with van der Waals surface area (Å²) >= 11 is 6.22. The van der Waals surface area contributed by atoms with Crippen molar-refractivity contribution in [2.24, 2.45) is 5.73 Å². The summed E-state index contributed by atoms with van der Waals surface area (Å²) in [6.45, 7) is 4.55. The van der Waals surface area contributed by atoms with E-state index in [1.165, 1.54) is 0 Å². The molecule has 0 spiro atoms.